The van der Waals surface area contributed by atoms with Gasteiger partial charge in [-0.15, -0.1) is 0 Å². The number of nitrogens with zero attached hydrogens (tertiary/aromatic N) is 3. The van der Waals surface area contributed by atoms with Crippen LogP contribution in [0.4, 0.5) is 0 Å². The number of hydrogen-bond acceptors (Lipinski definition) is 8. The Hall–Kier alpha value is -4.32. The van der Waals surface area contributed by atoms with Crippen molar-refractivity contribution in [1.29, 1.82) is 0 Å². The first-order valence-corrected chi connectivity index (χ1v) is 15.3. The Balaban J connectivity index is 1.46. The number of nitrogens with one attached hydrogen (secondary N) is 5. The van der Waals surface area contributed by atoms with Gasteiger partial charge in [0.15, 0.2) is 0 Å². The smallest absolute Gasteiger partial charge is 0.326 e. The van der Waals surface area contributed by atoms with Crippen LogP contribution in [0.5, 0.6) is 0 Å². The highest BCUT2D eigenvalue weighted by Crippen LogP contribution is 2.25. The lowest BCUT2D eigenvalue weighted by molar-refractivity contribution is -0.149. The molecule has 7 N–H and O–H groups in total. The van der Waals surface area contributed by atoms with Crippen LogP contribution in [0.2, 0.25) is 0 Å². The molecular formula is C29H35IN8O7. The molecule has 1 aliphatic rings. The van der Waals surface area contributed by atoms with Gasteiger partial charge in [0.25, 0.3) is 5.91 Å². The van der Waals surface area contributed by atoms with Crippen LogP contribution in [0, 0.1) is 10.5 Å². The molecule has 0 radical (unpaired) electrons. The minimum absolute atomic E-state index is 0.00843. The maximum absolute atomic E-state index is 13.4. The number of imidazole rings is 2. The number of aromatic amines is 2. The number of H-pyrrole nitrogens is 2. The minimum Gasteiger partial charge on any atom is -0.480 e. The Kier molecular flexibility index (Phi) is 10.9. The summed E-state index contributed by atoms with van der Waals surface area (Å²) in [6, 6.07) is 0.438. The van der Waals surface area contributed by atoms with Gasteiger partial charge in [0, 0.05) is 39.6 Å². The monoisotopic (exact) mass is 734 g/mol. The molecule has 4 amide bonds. The van der Waals surface area contributed by atoms with Gasteiger partial charge in [0.05, 0.1) is 24.3 Å². The average Bonchev–Trinajstić information content (AvgIpc) is 3.77. The van der Waals surface area contributed by atoms with E-state index in [1.165, 1.54) is 31.3 Å². The fraction of sp³-hybridized carbons (Fsp3) is 0.414. The number of aliphatic hydroxyl groups is 1. The molecule has 5 atom stereocenters. The van der Waals surface area contributed by atoms with Gasteiger partial charge in [-0.1, -0.05) is 6.07 Å². The largest absolute Gasteiger partial charge is 0.480 e. The van der Waals surface area contributed by atoms with Gasteiger partial charge in [-0.25, -0.2) is 14.8 Å². The van der Waals surface area contributed by atoms with E-state index in [1.54, 1.807) is 25.3 Å². The van der Waals surface area contributed by atoms with Gasteiger partial charge in [0.1, 0.15) is 30.0 Å². The van der Waals surface area contributed by atoms with Crippen LogP contribution in [0.3, 0.4) is 0 Å². The minimum atomic E-state index is -1.43. The number of aryl methyl sites for hydroxylation is 1. The zero-order valence-electron chi connectivity index (χ0n) is 24.8. The standard InChI is InChI=1S/C29H35IN8O7/c1-14(25(40)36-21(10-18-11-31-13-33-18)28(43)38-8-4-5-23(38)29(44)45)34-27(42)24(15(2)39)37-26(41)20-9-17(30)6-7-19(20)22-12-32-16(3)35-22/h6-7,9,11-15,21,23-24,39H,4-5,8,10H2,1-3H3,(H,31,33)(H,32,35)(H,34,42)(H,36,40)(H,37,41)(H,44,45)/t14-,15+,21-,23-,24-/m0/s1. The van der Waals surface area contributed by atoms with Gasteiger partial charge in [-0.3, -0.25) is 19.2 Å². The SMILES string of the molecule is Cc1ncc(-c2ccc(I)cc2C(=O)N[C@H](C(=O)N[C@@H](C)C(=O)N[C@@H](Cc2cnc[nH]2)C(=O)N2CCC[C@H]2C(=O)O)[C@@H](C)O)[nH]1. The summed E-state index contributed by atoms with van der Waals surface area (Å²) in [4.78, 5) is 80.3. The van der Waals surface area contributed by atoms with Crippen molar-refractivity contribution in [2.24, 2.45) is 0 Å². The maximum Gasteiger partial charge on any atom is 0.326 e. The Morgan fingerprint density at radius 1 is 1.11 bits per heavy atom. The molecule has 1 aromatic carbocycles. The lowest BCUT2D eigenvalue weighted by Crippen LogP contribution is -2.59. The predicted octanol–water partition coefficient (Wildman–Crippen LogP) is 0.500. The summed E-state index contributed by atoms with van der Waals surface area (Å²) in [7, 11) is 0. The van der Waals surface area contributed by atoms with E-state index in [0.717, 1.165) is 3.57 Å². The molecule has 3 aromatic rings. The molecule has 0 bridgehead atoms. The molecule has 45 heavy (non-hydrogen) atoms. The molecule has 0 unspecified atom stereocenters. The first-order valence-electron chi connectivity index (χ1n) is 14.3. The molecule has 240 valence electrons. The number of benzene rings is 1. The number of amides is 4. The average molecular weight is 735 g/mol. The van der Waals surface area contributed by atoms with Crippen molar-refractivity contribution < 1.29 is 34.2 Å². The lowest BCUT2D eigenvalue weighted by Gasteiger charge is -2.28. The third-order valence-electron chi connectivity index (χ3n) is 7.44. The Labute approximate surface area is 272 Å². The Morgan fingerprint density at radius 3 is 2.49 bits per heavy atom. The fourth-order valence-electron chi connectivity index (χ4n) is 5.09. The summed E-state index contributed by atoms with van der Waals surface area (Å²) >= 11 is 2.06. The number of carbonyl (C=O) groups excluding carboxylic acids is 4. The summed E-state index contributed by atoms with van der Waals surface area (Å²) < 4.78 is 0.768. The second kappa shape index (κ2) is 14.6. The Bertz CT molecular complexity index is 1560. The van der Waals surface area contributed by atoms with Gasteiger partial charge in [-0.2, -0.15) is 0 Å². The molecule has 16 heteroatoms. The summed E-state index contributed by atoms with van der Waals surface area (Å²) in [5, 5.41) is 27.7. The first-order chi connectivity index (χ1) is 21.3. The maximum atomic E-state index is 13.4. The molecule has 0 saturated carbocycles. The molecule has 3 heterocycles. The van der Waals surface area contributed by atoms with Crippen molar-refractivity contribution in [3.63, 3.8) is 0 Å². The van der Waals surface area contributed by atoms with Gasteiger partial charge >= 0.3 is 5.97 Å². The molecule has 2 aromatic heterocycles. The van der Waals surface area contributed by atoms with Crippen molar-refractivity contribution in [1.82, 2.24) is 40.8 Å². The van der Waals surface area contributed by atoms with E-state index in [0.29, 0.717) is 35.6 Å². The van der Waals surface area contributed by atoms with Crippen LogP contribution in [0.25, 0.3) is 11.3 Å². The van der Waals surface area contributed by atoms with E-state index >= 15 is 0 Å². The zero-order chi connectivity index (χ0) is 32.8. The van der Waals surface area contributed by atoms with Crippen molar-refractivity contribution in [2.45, 2.75) is 70.3 Å². The second-order valence-corrected chi connectivity index (χ2v) is 12.1. The molecule has 0 aliphatic carbocycles. The van der Waals surface area contributed by atoms with E-state index in [2.05, 4.69) is 58.5 Å². The first kappa shape index (κ1) is 33.6. The number of aliphatic hydroxyl groups excluding tert-OH is 1. The van der Waals surface area contributed by atoms with Crippen LogP contribution in [-0.2, 0) is 25.6 Å². The van der Waals surface area contributed by atoms with E-state index in [-0.39, 0.29) is 18.5 Å². The van der Waals surface area contributed by atoms with Crippen molar-refractivity contribution >= 4 is 52.2 Å². The highest BCUT2D eigenvalue weighted by Gasteiger charge is 2.38. The van der Waals surface area contributed by atoms with Crippen LogP contribution >= 0.6 is 22.6 Å². The summed E-state index contributed by atoms with van der Waals surface area (Å²) in [5.41, 5.74) is 1.92. The van der Waals surface area contributed by atoms with Gasteiger partial charge in [0.2, 0.25) is 17.7 Å². The molecule has 1 fully saturated rings. The van der Waals surface area contributed by atoms with Crippen molar-refractivity contribution in [3.8, 4) is 11.3 Å². The van der Waals surface area contributed by atoms with Gasteiger partial charge in [-0.05, 0) is 68.3 Å². The molecule has 4 rings (SSSR count). The zero-order valence-corrected chi connectivity index (χ0v) is 27.0. The number of hydrogen-bond donors (Lipinski definition) is 7. The summed E-state index contributed by atoms with van der Waals surface area (Å²) in [5.74, 6) is -3.23. The van der Waals surface area contributed by atoms with E-state index in [4.69, 9.17) is 0 Å². The predicted molar refractivity (Wildman–Crippen MR) is 169 cm³/mol. The number of aliphatic carboxylic acids is 1. The lowest BCUT2D eigenvalue weighted by atomic mass is 10.0. The van der Waals surface area contributed by atoms with Crippen molar-refractivity contribution in [2.75, 3.05) is 6.54 Å². The van der Waals surface area contributed by atoms with Crippen molar-refractivity contribution in [3.05, 3.63) is 57.6 Å². The number of likely N-dealkylation sites (tertiary alicyclic amines) is 1. The van der Waals surface area contributed by atoms with Crippen LogP contribution in [0.15, 0.2) is 36.9 Å². The number of carboxylic acid groups (broad SMARTS) is 1. The number of carbonyl (C=O) groups is 5. The van der Waals surface area contributed by atoms with E-state index < -0.39 is 59.9 Å². The molecule has 1 aliphatic heterocycles. The number of rotatable bonds is 12. The summed E-state index contributed by atoms with van der Waals surface area (Å²) in [6.07, 6.45) is 3.98. The molecular weight excluding hydrogens is 699 g/mol. The molecule has 15 nitrogen and oxygen atoms in total. The molecule has 1 saturated heterocycles. The van der Waals surface area contributed by atoms with E-state index in [1.807, 2.05) is 6.07 Å². The fourth-order valence-corrected chi connectivity index (χ4v) is 5.58. The molecule has 0 spiro atoms. The highest BCUT2D eigenvalue weighted by atomic mass is 127. The van der Waals surface area contributed by atoms with E-state index in [9.17, 15) is 34.2 Å². The quantitative estimate of drug-likeness (QED) is 0.129. The third kappa shape index (κ3) is 8.24. The normalized spacial score (nSPS) is 17.2. The number of aromatic nitrogens is 4. The topological polar surface area (TPSA) is 222 Å². The Morgan fingerprint density at radius 2 is 1.87 bits per heavy atom. The van der Waals surface area contributed by atoms with Crippen LogP contribution in [-0.4, -0.2) is 101 Å². The van der Waals surface area contributed by atoms with Crippen LogP contribution in [0.1, 0.15) is 48.6 Å². The third-order valence-corrected chi connectivity index (χ3v) is 8.11. The highest BCUT2D eigenvalue weighted by molar-refractivity contribution is 14.1. The number of carboxylic acids is 1. The summed E-state index contributed by atoms with van der Waals surface area (Å²) in [6.45, 7) is 4.72. The number of halogens is 1. The van der Waals surface area contributed by atoms with Crippen LogP contribution < -0.4 is 16.0 Å². The second-order valence-electron chi connectivity index (χ2n) is 10.9. The van der Waals surface area contributed by atoms with Gasteiger partial charge < -0.3 is 41.0 Å².